The predicted molar refractivity (Wildman–Crippen MR) is 25.3 cm³/mol. The minimum absolute atomic E-state index is 1.90. The highest BCUT2D eigenvalue weighted by atomic mass is 32.7. The van der Waals surface area contributed by atoms with Crippen LogP contribution in [0.2, 0.25) is 0 Å². The van der Waals surface area contributed by atoms with Gasteiger partial charge in [0.15, 0.2) is 7.15 Å². The number of hydrogen-bond donors (Lipinski definition) is 3. The molecule has 0 aliphatic rings. The average Bonchev–Trinajstić information content (AvgIpc) is 1.38. The van der Waals surface area contributed by atoms with E-state index in [2.05, 4.69) is 18.1 Å². The summed E-state index contributed by atoms with van der Waals surface area (Å²) in [5.74, 6) is 4.58. The molecule has 1 atom stereocenters. The summed E-state index contributed by atoms with van der Waals surface area (Å²) >= 11 is 3.41. The first-order valence-corrected chi connectivity index (χ1v) is 3.66. The van der Waals surface area contributed by atoms with Gasteiger partial charge in [0, 0.05) is 0 Å². The normalized spacial score (nSPS) is 14.8. The first-order chi connectivity index (χ1) is 2.27. The van der Waals surface area contributed by atoms with E-state index in [1.54, 1.807) is 0 Å². The van der Waals surface area contributed by atoms with Gasteiger partial charge in [-0.3, -0.25) is 10.4 Å². The standard InChI is InChI=1S/H5N2OPS/c1-2-4(3)5/h4H,1H2,(H2,2,3,5). The van der Waals surface area contributed by atoms with Crippen LogP contribution in [0.25, 0.3) is 0 Å². The van der Waals surface area contributed by atoms with E-state index in [4.69, 9.17) is 0 Å². The zero-order valence-electron chi connectivity index (χ0n) is 2.43. The molecule has 1 unspecified atom stereocenters. The molecule has 0 aliphatic heterocycles. The average molecular weight is 112 g/mol. The monoisotopic (exact) mass is 112 g/mol. The van der Waals surface area contributed by atoms with Crippen LogP contribution in [0.1, 0.15) is 0 Å². The van der Waals surface area contributed by atoms with Gasteiger partial charge in [0.1, 0.15) is 0 Å². The van der Waals surface area contributed by atoms with Crippen molar-refractivity contribution in [2.24, 2.45) is 5.84 Å². The second-order valence-electron chi connectivity index (χ2n) is 0.449. The molecule has 0 saturated heterocycles. The van der Waals surface area contributed by atoms with E-state index in [1.807, 2.05) is 5.20 Å². The molecule has 0 aromatic rings. The van der Waals surface area contributed by atoms with Gasteiger partial charge in [-0.25, -0.2) is 5.20 Å². The van der Waals surface area contributed by atoms with Crippen LogP contribution in [0.5, 0.6) is 0 Å². The molecule has 0 spiro atoms. The van der Waals surface area contributed by atoms with E-state index in [-0.39, 0.29) is 0 Å². The molecule has 0 aromatic heterocycles. The fourth-order valence-electron chi connectivity index (χ4n) is 0. The fraction of sp³-hybridized carbons (Fsp3) is 0. The molecule has 0 aliphatic carbocycles. The molecule has 0 aromatic carbocycles. The minimum atomic E-state index is -1.90. The van der Waals surface area contributed by atoms with Crippen molar-refractivity contribution in [3.05, 3.63) is 0 Å². The van der Waals surface area contributed by atoms with Gasteiger partial charge in [-0.1, -0.05) is 0 Å². The zero-order valence-corrected chi connectivity index (χ0v) is 4.33. The summed E-state index contributed by atoms with van der Waals surface area (Å²) in [4.78, 5) is 0. The molecule has 0 bridgehead atoms. The Morgan fingerprint density at radius 1 is 2.00 bits per heavy atom. The number of nitrogens with two attached hydrogens (primary N) is 1. The van der Waals surface area contributed by atoms with Crippen molar-refractivity contribution in [3.63, 3.8) is 0 Å². The van der Waals surface area contributed by atoms with E-state index < -0.39 is 7.15 Å². The Hall–Kier alpha value is 0.500. The lowest BCUT2D eigenvalue weighted by molar-refractivity contribution is 0.590. The Morgan fingerprint density at radius 3 is 2.20 bits per heavy atom. The van der Waals surface area contributed by atoms with E-state index in [1.165, 1.54) is 0 Å². The van der Waals surface area contributed by atoms with Crippen LogP contribution in [0, 0.1) is 0 Å². The number of nitrogens with one attached hydrogen (secondary N) is 1. The van der Waals surface area contributed by atoms with Crippen molar-refractivity contribution >= 4 is 19.4 Å². The molecule has 5 heteroatoms. The molecule has 0 fully saturated rings. The summed E-state index contributed by atoms with van der Waals surface area (Å²) in [6.07, 6.45) is 0. The van der Waals surface area contributed by atoms with E-state index in [0.717, 1.165) is 0 Å². The van der Waals surface area contributed by atoms with Crippen LogP contribution in [-0.2, 0) is 4.57 Å². The number of hydrazine groups is 1. The maximum atomic E-state index is 9.63. The maximum Gasteiger partial charge on any atom is 0.199 e. The van der Waals surface area contributed by atoms with Crippen LogP contribution in [-0.4, -0.2) is 0 Å². The highest BCUT2D eigenvalue weighted by molar-refractivity contribution is 8.39. The third-order valence-electron chi connectivity index (χ3n) is 0.123. The lowest BCUT2D eigenvalue weighted by Crippen LogP contribution is -2.08. The van der Waals surface area contributed by atoms with Crippen molar-refractivity contribution in [3.8, 4) is 0 Å². The molecular weight excluding hydrogens is 107 g/mol. The summed E-state index contributed by atoms with van der Waals surface area (Å²) in [5.41, 5.74) is 0. The molecule has 3 nitrogen and oxygen atoms in total. The minimum Gasteiger partial charge on any atom is -0.297 e. The molecule has 5 heavy (non-hydrogen) atoms. The molecule has 0 heterocycles. The van der Waals surface area contributed by atoms with Gasteiger partial charge in [-0.05, 0) is 0 Å². The maximum absolute atomic E-state index is 9.63. The summed E-state index contributed by atoms with van der Waals surface area (Å²) in [6, 6.07) is 0. The van der Waals surface area contributed by atoms with Gasteiger partial charge in [-0.15, -0.1) is 12.2 Å². The van der Waals surface area contributed by atoms with E-state index in [9.17, 15) is 4.57 Å². The van der Waals surface area contributed by atoms with Gasteiger partial charge in [0.05, 0.1) is 0 Å². The fourth-order valence-corrected chi connectivity index (χ4v) is 0. The van der Waals surface area contributed by atoms with Crippen molar-refractivity contribution in [2.45, 2.75) is 0 Å². The molecule has 0 saturated carbocycles. The van der Waals surface area contributed by atoms with Crippen molar-refractivity contribution in [1.82, 2.24) is 5.20 Å². The first-order valence-electron chi connectivity index (χ1n) is 0.966. The molecule has 0 rings (SSSR count). The Kier molecular flexibility index (Phi) is 2.99. The van der Waals surface area contributed by atoms with Gasteiger partial charge < -0.3 is 0 Å². The van der Waals surface area contributed by atoms with Crippen molar-refractivity contribution in [1.29, 1.82) is 0 Å². The highest BCUT2D eigenvalue weighted by Crippen LogP contribution is 2.15. The summed E-state index contributed by atoms with van der Waals surface area (Å²) in [7, 11) is -1.90. The number of hydrogen-bond acceptors (Lipinski definition) is 2. The van der Waals surface area contributed by atoms with Crippen LogP contribution >= 0.6 is 19.4 Å². The predicted octanol–water partition coefficient (Wildman–Crippen LogP) is -0.231. The first kappa shape index (κ1) is 5.50. The smallest absolute Gasteiger partial charge is 0.199 e. The van der Waals surface area contributed by atoms with Crippen LogP contribution in [0.15, 0.2) is 0 Å². The van der Waals surface area contributed by atoms with Crippen molar-refractivity contribution < 1.29 is 4.57 Å². The molecular formula is H5N2OPS. The van der Waals surface area contributed by atoms with E-state index >= 15 is 0 Å². The number of rotatable bonds is 1. The Morgan fingerprint density at radius 2 is 2.20 bits per heavy atom. The topological polar surface area (TPSA) is 55.1 Å². The van der Waals surface area contributed by atoms with Gasteiger partial charge in [-0.2, -0.15) is 0 Å². The highest BCUT2D eigenvalue weighted by Gasteiger charge is 1.71. The largest absolute Gasteiger partial charge is 0.297 e. The lowest BCUT2D eigenvalue weighted by atomic mass is 13.0. The van der Waals surface area contributed by atoms with Gasteiger partial charge in [0.2, 0.25) is 0 Å². The third-order valence-corrected chi connectivity index (χ3v) is 0.758. The zero-order chi connectivity index (χ0) is 4.28. The Bertz CT molecular complexity index is 44.9. The third kappa shape index (κ3) is 4.50. The second kappa shape index (κ2) is 2.72. The van der Waals surface area contributed by atoms with Gasteiger partial charge >= 0.3 is 0 Å². The van der Waals surface area contributed by atoms with E-state index in [0.29, 0.717) is 0 Å². The second-order valence-corrected chi connectivity index (χ2v) is 2.57. The summed E-state index contributed by atoms with van der Waals surface area (Å²) in [6.45, 7) is 0. The molecule has 3 N–H and O–H groups in total. The summed E-state index contributed by atoms with van der Waals surface area (Å²) in [5, 5.41) is 1.94. The van der Waals surface area contributed by atoms with Gasteiger partial charge in [0.25, 0.3) is 0 Å². The Balaban J connectivity index is 2.85. The quantitative estimate of drug-likeness (QED) is 0.190. The lowest BCUT2D eigenvalue weighted by Gasteiger charge is -1.79. The van der Waals surface area contributed by atoms with Crippen LogP contribution < -0.4 is 11.0 Å². The molecule has 32 valence electrons. The van der Waals surface area contributed by atoms with Crippen molar-refractivity contribution in [2.75, 3.05) is 0 Å². The summed E-state index contributed by atoms with van der Waals surface area (Å²) < 4.78 is 9.63. The van der Waals surface area contributed by atoms with Crippen LogP contribution in [0.4, 0.5) is 0 Å². The Labute approximate surface area is 35.9 Å². The molecule has 0 amide bonds. The molecule has 0 radical (unpaired) electrons. The number of thiol groups is 1. The van der Waals surface area contributed by atoms with Crippen LogP contribution in [0.3, 0.4) is 0 Å². The SMILES string of the molecule is NN[PH](=O)S.